The number of aliphatic hydroxyl groups excluding tert-OH is 2. The van der Waals surface area contributed by atoms with Gasteiger partial charge in [-0.3, -0.25) is 9.05 Å². The second-order valence-electron chi connectivity index (χ2n) is 5.64. The molecular weight excluding hydrogens is 303 g/mol. The topological polar surface area (TPSA) is 115 Å². The van der Waals surface area contributed by atoms with Crippen LogP contribution in [0.1, 0.15) is 26.7 Å². The number of phosphoric acid groups is 1. The van der Waals surface area contributed by atoms with Crippen LogP contribution in [0.25, 0.3) is 0 Å². The summed E-state index contributed by atoms with van der Waals surface area (Å²) < 4.78 is 32.1. The van der Waals surface area contributed by atoms with Gasteiger partial charge in [0, 0.05) is 12.8 Å². The molecule has 0 saturated carbocycles. The summed E-state index contributed by atoms with van der Waals surface area (Å²) in [6.45, 7) is 3.14. The van der Waals surface area contributed by atoms with E-state index < -0.39 is 32.2 Å². The van der Waals surface area contributed by atoms with Gasteiger partial charge in [-0.25, -0.2) is 4.57 Å². The molecule has 2 heterocycles. The highest BCUT2D eigenvalue weighted by molar-refractivity contribution is 7.47. The van der Waals surface area contributed by atoms with Gasteiger partial charge in [0.25, 0.3) is 0 Å². The number of phosphoric ester groups is 1. The quantitative estimate of drug-likeness (QED) is 0.593. The Balaban J connectivity index is 1.73. The predicted molar refractivity (Wildman–Crippen MR) is 71.6 cm³/mol. The van der Waals surface area contributed by atoms with Crippen molar-refractivity contribution in [1.82, 2.24) is 0 Å². The van der Waals surface area contributed by atoms with Gasteiger partial charge in [0.05, 0.1) is 37.6 Å². The van der Waals surface area contributed by atoms with E-state index in [0.29, 0.717) is 12.8 Å². The van der Waals surface area contributed by atoms with Gasteiger partial charge in [-0.1, -0.05) is 0 Å². The standard InChI is InChI=1S/C12H23O8P/c1-7-3-9(13)11(19-7)5-17-21(15,16)18-6-12-10(14)4-8(2)20-12/h7-14H,3-6H2,1-2H3,(H,15,16)/t7-,8?,9?,10?,11+,12?/m0/s1. The van der Waals surface area contributed by atoms with Crippen molar-refractivity contribution in [2.45, 2.75) is 63.3 Å². The molecule has 8 nitrogen and oxygen atoms in total. The molecular formula is C12H23O8P. The smallest absolute Gasteiger partial charge is 0.390 e. The summed E-state index contributed by atoms with van der Waals surface area (Å²) in [4.78, 5) is 9.58. The molecule has 0 spiro atoms. The van der Waals surface area contributed by atoms with E-state index in [9.17, 15) is 19.7 Å². The highest BCUT2D eigenvalue weighted by Gasteiger charge is 2.36. The zero-order chi connectivity index (χ0) is 15.6. The van der Waals surface area contributed by atoms with Crippen LogP contribution in [-0.4, -0.2) is 64.9 Å². The van der Waals surface area contributed by atoms with Gasteiger partial charge in [-0.05, 0) is 13.8 Å². The van der Waals surface area contributed by atoms with Crippen LogP contribution >= 0.6 is 7.82 Å². The van der Waals surface area contributed by atoms with E-state index in [4.69, 9.17) is 18.5 Å². The van der Waals surface area contributed by atoms with Crippen LogP contribution in [0.15, 0.2) is 0 Å². The summed E-state index contributed by atoms with van der Waals surface area (Å²) in [5, 5.41) is 19.3. The van der Waals surface area contributed by atoms with Crippen LogP contribution in [0.3, 0.4) is 0 Å². The molecule has 0 bridgehead atoms. The highest BCUT2D eigenvalue weighted by atomic mass is 31.2. The molecule has 0 aromatic carbocycles. The molecule has 124 valence electrons. The lowest BCUT2D eigenvalue weighted by molar-refractivity contribution is -0.0338. The lowest BCUT2D eigenvalue weighted by Gasteiger charge is -2.19. The Morgan fingerprint density at radius 3 is 1.67 bits per heavy atom. The minimum Gasteiger partial charge on any atom is -0.390 e. The second-order valence-corrected chi connectivity index (χ2v) is 7.09. The van der Waals surface area contributed by atoms with Crippen molar-refractivity contribution in [2.24, 2.45) is 0 Å². The third kappa shape index (κ3) is 4.97. The van der Waals surface area contributed by atoms with Gasteiger partial charge >= 0.3 is 7.82 Å². The van der Waals surface area contributed by atoms with E-state index in [1.165, 1.54) is 0 Å². The molecule has 7 atom stereocenters. The Labute approximate surface area is 123 Å². The van der Waals surface area contributed by atoms with Gasteiger partial charge < -0.3 is 24.6 Å². The van der Waals surface area contributed by atoms with E-state index in [2.05, 4.69) is 0 Å². The van der Waals surface area contributed by atoms with Crippen molar-refractivity contribution in [3.8, 4) is 0 Å². The summed E-state index contributed by atoms with van der Waals surface area (Å²) in [5.74, 6) is 0. The molecule has 0 aromatic rings. The Hall–Kier alpha value is -0.0500. The van der Waals surface area contributed by atoms with Crippen molar-refractivity contribution in [3.05, 3.63) is 0 Å². The number of ether oxygens (including phenoxy) is 2. The fraction of sp³-hybridized carbons (Fsp3) is 1.00. The summed E-state index contributed by atoms with van der Waals surface area (Å²) in [7, 11) is -4.27. The molecule has 2 aliphatic rings. The minimum atomic E-state index is -4.27. The van der Waals surface area contributed by atoms with Crippen molar-refractivity contribution in [1.29, 1.82) is 0 Å². The monoisotopic (exact) mass is 326 g/mol. The number of aliphatic hydroxyl groups is 2. The second kappa shape index (κ2) is 7.02. The summed E-state index contributed by atoms with van der Waals surface area (Å²) in [6.07, 6.45) is -2.03. The lowest BCUT2D eigenvalue weighted by Crippen LogP contribution is -2.28. The first-order valence-electron chi connectivity index (χ1n) is 7.06. The van der Waals surface area contributed by atoms with E-state index >= 15 is 0 Å². The molecule has 2 aliphatic heterocycles. The molecule has 2 saturated heterocycles. The zero-order valence-electron chi connectivity index (χ0n) is 12.1. The SMILES string of the molecule is CC1CC(O)C(COP(=O)(O)OC[C@H]2O[C@@H](C)CC2O)O1. The first kappa shape index (κ1) is 17.3. The molecule has 0 aliphatic carbocycles. The number of rotatable bonds is 6. The fourth-order valence-corrected chi connectivity index (χ4v) is 3.29. The zero-order valence-corrected chi connectivity index (χ0v) is 13.0. The highest BCUT2D eigenvalue weighted by Crippen LogP contribution is 2.44. The first-order valence-corrected chi connectivity index (χ1v) is 8.55. The molecule has 21 heavy (non-hydrogen) atoms. The summed E-state index contributed by atoms with van der Waals surface area (Å²) >= 11 is 0. The van der Waals surface area contributed by atoms with Gasteiger partial charge in [0.1, 0.15) is 12.2 Å². The van der Waals surface area contributed by atoms with E-state index in [-0.39, 0.29) is 25.4 Å². The largest absolute Gasteiger partial charge is 0.472 e. The maximum absolute atomic E-state index is 11.7. The Bertz CT molecular complexity index is 359. The Morgan fingerprint density at radius 2 is 1.38 bits per heavy atom. The third-order valence-electron chi connectivity index (χ3n) is 3.62. The molecule has 5 unspecified atom stereocenters. The van der Waals surface area contributed by atoms with Crippen molar-refractivity contribution >= 4 is 7.82 Å². The van der Waals surface area contributed by atoms with E-state index in [1.807, 2.05) is 0 Å². The predicted octanol–water partition coefficient (Wildman–Crippen LogP) is 0.197. The molecule has 0 aromatic heterocycles. The lowest BCUT2D eigenvalue weighted by atomic mass is 10.1. The van der Waals surface area contributed by atoms with E-state index in [1.54, 1.807) is 13.8 Å². The Morgan fingerprint density at radius 1 is 1.00 bits per heavy atom. The summed E-state index contributed by atoms with van der Waals surface area (Å²) in [5.41, 5.74) is 0. The Kier molecular flexibility index (Phi) is 5.78. The average Bonchev–Trinajstić information content (AvgIpc) is 2.86. The van der Waals surface area contributed by atoms with Crippen LogP contribution < -0.4 is 0 Å². The molecule has 2 fully saturated rings. The van der Waals surface area contributed by atoms with Crippen LogP contribution in [0.4, 0.5) is 0 Å². The van der Waals surface area contributed by atoms with Crippen LogP contribution in [0, 0.1) is 0 Å². The summed E-state index contributed by atoms with van der Waals surface area (Å²) in [6, 6.07) is 0. The van der Waals surface area contributed by atoms with Crippen molar-refractivity contribution in [2.75, 3.05) is 13.2 Å². The molecule has 2 rings (SSSR count). The molecule has 0 radical (unpaired) electrons. The molecule has 9 heteroatoms. The normalized spacial score (nSPS) is 43.1. The van der Waals surface area contributed by atoms with Crippen molar-refractivity contribution in [3.63, 3.8) is 0 Å². The van der Waals surface area contributed by atoms with Crippen LogP contribution in [0.2, 0.25) is 0 Å². The van der Waals surface area contributed by atoms with Gasteiger partial charge in [0.2, 0.25) is 0 Å². The van der Waals surface area contributed by atoms with Gasteiger partial charge in [0.15, 0.2) is 0 Å². The van der Waals surface area contributed by atoms with E-state index in [0.717, 1.165) is 0 Å². The third-order valence-corrected chi connectivity index (χ3v) is 4.57. The number of hydrogen-bond donors (Lipinski definition) is 3. The van der Waals surface area contributed by atoms with Gasteiger partial charge in [-0.15, -0.1) is 0 Å². The first-order chi connectivity index (χ1) is 9.77. The minimum absolute atomic E-state index is 0.115. The fourth-order valence-electron chi connectivity index (χ4n) is 2.55. The number of hydrogen-bond acceptors (Lipinski definition) is 7. The maximum atomic E-state index is 11.7. The molecule has 0 amide bonds. The van der Waals surface area contributed by atoms with Gasteiger partial charge in [-0.2, -0.15) is 0 Å². The average molecular weight is 326 g/mol. The maximum Gasteiger partial charge on any atom is 0.472 e. The van der Waals surface area contributed by atoms with Crippen LogP contribution in [0.5, 0.6) is 0 Å². The van der Waals surface area contributed by atoms with Crippen molar-refractivity contribution < 1.29 is 38.2 Å². The molecule has 3 N–H and O–H groups in total. The van der Waals surface area contributed by atoms with Crippen LogP contribution in [-0.2, 0) is 23.1 Å².